The number of hydrogen-bond acceptors (Lipinski definition) is 6. The molecule has 1 saturated heterocycles. The average Bonchev–Trinajstić information content (AvgIpc) is 2.90. The lowest BCUT2D eigenvalue weighted by molar-refractivity contribution is -0.138. The van der Waals surface area contributed by atoms with Gasteiger partial charge in [-0.1, -0.05) is 48.5 Å². The normalized spacial score (nSPS) is 15.7. The molecule has 1 aromatic heterocycles. The van der Waals surface area contributed by atoms with E-state index in [1.807, 2.05) is 67.6 Å². The Kier molecular flexibility index (Phi) is 7.40. The molecule has 1 unspecified atom stereocenters. The zero-order valence-electron chi connectivity index (χ0n) is 21.8. The van der Waals surface area contributed by atoms with E-state index in [-0.39, 0.29) is 6.42 Å². The second-order valence-electron chi connectivity index (χ2n) is 10.1. The van der Waals surface area contributed by atoms with Crippen LogP contribution in [0, 0.1) is 0 Å². The van der Waals surface area contributed by atoms with Crippen molar-refractivity contribution < 1.29 is 19.7 Å². The number of rotatable bonds is 10. The van der Waals surface area contributed by atoms with Crippen LogP contribution in [0.25, 0.3) is 22.3 Å². The molecule has 1 aliphatic heterocycles. The molecule has 7 heteroatoms. The summed E-state index contributed by atoms with van der Waals surface area (Å²) in [5, 5.41) is 20.5. The summed E-state index contributed by atoms with van der Waals surface area (Å²) < 4.78 is 5.26. The molecule has 4 aromatic rings. The first-order chi connectivity index (χ1) is 18.3. The molecule has 5 rings (SSSR count). The van der Waals surface area contributed by atoms with Gasteiger partial charge in [-0.05, 0) is 56.0 Å². The molecule has 0 amide bonds. The van der Waals surface area contributed by atoms with E-state index in [4.69, 9.17) is 19.8 Å². The molecule has 1 atom stereocenters. The van der Waals surface area contributed by atoms with Crippen molar-refractivity contribution in [1.82, 2.24) is 14.9 Å². The first kappa shape index (κ1) is 25.8. The third-order valence-electron chi connectivity index (χ3n) is 7.47. The zero-order chi connectivity index (χ0) is 26.7. The molecule has 38 heavy (non-hydrogen) atoms. The molecule has 0 aliphatic carbocycles. The number of benzene rings is 3. The third kappa shape index (κ3) is 5.39. The number of nitrogens with zero attached hydrogens (tertiary/aromatic N) is 3. The Balaban J connectivity index is 1.39. The number of carbonyl (C=O) groups is 1. The maximum Gasteiger partial charge on any atom is 0.303 e. The molecule has 0 radical (unpaired) electrons. The Morgan fingerprint density at radius 1 is 1.00 bits per heavy atom. The minimum Gasteiger partial charge on any atom is -0.497 e. The summed E-state index contributed by atoms with van der Waals surface area (Å²) in [6.45, 7) is 3.34. The number of aliphatic hydroxyl groups is 1. The van der Waals surface area contributed by atoms with Crippen molar-refractivity contribution in [2.75, 3.05) is 20.2 Å². The quantitative estimate of drug-likeness (QED) is 0.277. The summed E-state index contributed by atoms with van der Waals surface area (Å²) >= 11 is 0. The highest BCUT2D eigenvalue weighted by molar-refractivity contribution is 5.79. The largest absolute Gasteiger partial charge is 0.497 e. The van der Waals surface area contributed by atoms with Crippen molar-refractivity contribution in [3.63, 3.8) is 0 Å². The fourth-order valence-corrected chi connectivity index (χ4v) is 5.06. The van der Waals surface area contributed by atoms with E-state index in [0.29, 0.717) is 25.2 Å². The van der Waals surface area contributed by atoms with Gasteiger partial charge in [-0.15, -0.1) is 0 Å². The third-order valence-corrected chi connectivity index (χ3v) is 7.47. The molecule has 1 aliphatic rings. The van der Waals surface area contributed by atoms with Crippen molar-refractivity contribution in [1.29, 1.82) is 0 Å². The van der Waals surface area contributed by atoms with E-state index in [1.165, 1.54) is 5.56 Å². The number of aliphatic carboxylic acids is 1. The second kappa shape index (κ2) is 10.9. The zero-order valence-corrected chi connectivity index (χ0v) is 21.8. The number of carboxylic acid groups (broad SMARTS) is 1. The predicted molar refractivity (Wildman–Crippen MR) is 147 cm³/mol. The fraction of sp³-hybridized carbons (Fsp3) is 0.323. The molecular weight excluding hydrogens is 478 g/mol. The lowest BCUT2D eigenvalue weighted by atomic mass is 9.87. The highest BCUT2D eigenvalue weighted by Crippen LogP contribution is 2.38. The summed E-state index contributed by atoms with van der Waals surface area (Å²) in [5.74, 6) is 0.411. The Hall–Kier alpha value is -3.81. The van der Waals surface area contributed by atoms with Gasteiger partial charge in [0.25, 0.3) is 0 Å². The minimum atomic E-state index is -1.14. The Morgan fingerprint density at radius 3 is 2.42 bits per heavy atom. The van der Waals surface area contributed by atoms with E-state index in [2.05, 4.69) is 17.0 Å². The minimum absolute atomic E-state index is 0.141. The predicted octanol–water partition coefficient (Wildman–Crippen LogP) is 5.37. The molecule has 3 aromatic carbocycles. The van der Waals surface area contributed by atoms with Gasteiger partial charge in [-0.3, -0.25) is 9.69 Å². The Bertz CT molecular complexity index is 1410. The maximum atomic E-state index is 11.5. The first-order valence-corrected chi connectivity index (χ1v) is 13.0. The van der Waals surface area contributed by atoms with Crippen LogP contribution in [0.2, 0.25) is 0 Å². The summed E-state index contributed by atoms with van der Waals surface area (Å²) in [6.07, 6.45) is 2.07. The van der Waals surface area contributed by atoms with Crippen molar-refractivity contribution >= 4 is 17.0 Å². The van der Waals surface area contributed by atoms with E-state index in [9.17, 15) is 9.90 Å². The number of ether oxygens (including phenoxy) is 1. The van der Waals surface area contributed by atoms with Crippen molar-refractivity contribution in [3.8, 4) is 17.0 Å². The summed E-state index contributed by atoms with van der Waals surface area (Å²) in [5.41, 5.74) is 5.00. The average molecular weight is 512 g/mol. The SMILES string of the molecule is COc1ccc(C2CN(C(C)(O)c3ccc4nc(-c5ccccc5)c(CCCCC(=O)O)nc4c3)C2)cc1. The van der Waals surface area contributed by atoms with Crippen molar-refractivity contribution in [3.05, 3.63) is 89.6 Å². The molecule has 2 N–H and O–H groups in total. The van der Waals surface area contributed by atoms with Crippen molar-refractivity contribution in [2.24, 2.45) is 0 Å². The van der Waals surface area contributed by atoms with E-state index in [1.54, 1.807) is 7.11 Å². The maximum absolute atomic E-state index is 11.5. The van der Waals surface area contributed by atoms with E-state index < -0.39 is 11.7 Å². The molecular formula is C31H33N3O4. The van der Waals surface area contributed by atoms with Crippen LogP contribution in [0.4, 0.5) is 0 Å². The molecule has 196 valence electrons. The lowest BCUT2D eigenvalue weighted by Gasteiger charge is -2.48. The van der Waals surface area contributed by atoms with Crippen LogP contribution in [0.15, 0.2) is 72.8 Å². The van der Waals surface area contributed by atoms with Gasteiger partial charge in [-0.25, -0.2) is 9.97 Å². The van der Waals surface area contributed by atoms with Crippen LogP contribution in [-0.4, -0.2) is 51.2 Å². The van der Waals surface area contributed by atoms with Gasteiger partial charge in [0, 0.05) is 36.6 Å². The molecule has 0 spiro atoms. The standard InChI is InChI=1S/C31H33N3O4/c1-31(37,34-19-23(20-34)21-12-15-25(38-2)16-13-21)24-14-17-26-28(18-24)32-27(10-6-7-11-29(35)36)30(33-26)22-8-4-3-5-9-22/h3-5,8-9,12-18,23,37H,6-7,10-11,19-20H2,1-2H3,(H,35,36). The van der Waals surface area contributed by atoms with Crippen LogP contribution in [-0.2, 0) is 16.9 Å². The Labute approximate surface area is 222 Å². The van der Waals surface area contributed by atoms with Gasteiger partial charge in [0.2, 0.25) is 0 Å². The summed E-state index contributed by atoms with van der Waals surface area (Å²) in [7, 11) is 1.66. The second-order valence-corrected chi connectivity index (χ2v) is 10.1. The van der Waals surface area contributed by atoms with E-state index in [0.717, 1.165) is 52.4 Å². The van der Waals surface area contributed by atoms with Crippen molar-refractivity contribution in [2.45, 2.75) is 44.2 Å². The summed E-state index contributed by atoms with van der Waals surface area (Å²) in [4.78, 5) is 22.9. The number of hydrogen-bond donors (Lipinski definition) is 2. The van der Waals surface area contributed by atoms with E-state index >= 15 is 0 Å². The monoisotopic (exact) mass is 511 g/mol. The molecule has 1 fully saturated rings. The number of methoxy groups -OCH3 is 1. The van der Waals surface area contributed by atoms with Crippen LogP contribution in [0.5, 0.6) is 5.75 Å². The number of aromatic nitrogens is 2. The molecule has 0 bridgehead atoms. The highest BCUT2D eigenvalue weighted by atomic mass is 16.5. The number of aryl methyl sites for hydroxylation is 1. The fourth-order valence-electron chi connectivity index (χ4n) is 5.06. The molecule has 0 saturated carbocycles. The lowest BCUT2D eigenvalue weighted by Crippen LogP contribution is -2.55. The number of fused-ring (bicyclic) bond motifs is 1. The first-order valence-electron chi connectivity index (χ1n) is 13.0. The van der Waals surface area contributed by atoms with Crippen LogP contribution in [0.1, 0.15) is 48.9 Å². The summed E-state index contributed by atoms with van der Waals surface area (Å²) in [6, 6.07) is 23.8. The number of carboxylic acids is 1. The highest BCUT2D eigenvalue weighted by Gasteiger charge is 2.41. The number of unbranched alkanes of at least 4 members (excludes halogenated alkanes) is 1. The van der Waals surface area contributed by atoms with Gasteiger partial charge in [0.1, 0.15) is 11.5 Å². The van der Waals surface area contributed by atoms with Gasteiger partial charge >= 0.3 is 5.97 Å². The van der Waals surface area contributed by atoms with Crippen LogP contribution >= 0.6 is 0 Å². The van der Waals surface area contributed by atoms with Gasteiger partial charge in [0.05, 0.1) is 29.5 Å². The van der Waals surface area contributed by atoms with Crippen LogP contribution < -0.4 is 4.74 Å². The van der Waals surface area contributed by atoms with Gasteiger partial charge < -0.3 is 14.9 Å². The Morgan fingerprint density at radius 2 is 1.74 bits per heavy atom. The topological polar surface area (TPSA) is 95.8 Å². The van der Waals surface area contributed by atoms with Gasteiger partial charge in [0.15, 0.2) is 0 Å². The smallest absolute Gasteiger partial charge is 0.303 e. The molecule has 7 nitrogen and oxygen atoms in total. The molecule has 2 heterocycles. The number of likely N-dealkylation sites (tertiary alicyclic amines) is 1. The van der Waals surface area contributed by atoms with Gasteiger partial charge in [-0.2, -0.15) is 0 Å². The van der Waals surface area contributed by atoms with Crippen LogP contribution in [0.3, 0.4) is 0 Å².